The number of anilines is 2. The zero-order valence-corrected chi connectivity index (χ0v) is 15.5. The highest BCUT2D eigenvalue weighted by Gasteiger charge is 2.14. The average Bonchev–Trinajstić information content (AvgIpc) is 3.10. The lowest BCUT2D eigenvalue weighted by Gasteiger charge is -2.15. The lowest BCUT2D eigenvalue weighted by atomic mass is 10.2. The van der Waals surface area contributed by atoms with Crippen LogP contribution in [0.5, 0.6) is 0 Å². The quantitative estimate of drug-likeness (QED) is 0.684. The molecule has 10 heteroatoms. The summed E-state index contributed by atoms with van der Waals surface area (Å²) in [5.41, 5.74) is 2.06. The van der Waals surface area contributed by atoms with Gasteiger partial charge < -0.3 is 10.2 Å². The van der Waals surface area contributed by atoms with E-state index in [-0.39, 0.29) is 23.2 Å². The molecule has 0 spiro atoms. The summed E-state index contributed by atoms with van der Waals surface area (Å²) in [7, 11) is 3.79. The minimum absolute atomic E-state index is 0.194. The summed E-state index contributed by atoms with van der Waals surface area (Å²) in [5.74, 6) is 0.231. The lowest BCUT2D eigenvalue weighted by Crippen LogP contribution is -2.10. The van der Waals surface area contributed by atoms with Crippen molar-refractivity contribution in [2.75, 3.05) is 24.3 Å². The average molecular weight is 375 g/mol. The number of hydrogen-bond donors (Lipinski definition) is 1. The monoisotopic (exact) mass is 375 g/mol. The molecule has 140 valence electrons. The maximum atomic E-state index is 11.5. The van der Waals surface area contributed by atoms with E-state index < -0.39 is 0 Å². The smallest absolute Gasteiger partial charge is 0.252 e. The van der Waals surface area contributed by atoms with E-state index >= 15 is 0 Å². The molecule has 0 saturated heterocycles. The molecule has 10 nitrogen and oxygen atoms in total. The number of carbonyl (C=O) groups is 1. The normalized spacial score (nSPS) is 10.6. The Morgan fingerprint density at radius 1 is 1.25 bits per heavy atom. The SMILES string of the molecule is CC(=O)Nc1cc(N(C)C)ccc1N=Nc1c(C#N)cnn1-c1ncccn1. The Hall–Kier alpha value is -4.13. The second-order valence-corrected chi connectivity index (χ2v) is 5.93. The van der Waals surface area contributed by atoms with Crippen LogP contribution >= 0.6 is 0 Å². The molecule has 0 aliphatic heterocycles. The third-order valence-electron chi connectivity index (χ3n) is 3.67. The van der Waals surface area contributed by atoms with Gasteiger partial charge in [0, 0.05) is 39.1 Å². The Morgan fingerprint density at radius 3 is 2.64 bits per heavy atom. The Balaban J connectivity index is 2.04. The maximum absolute atomic E-state index is 11.5. The number of benzene rings is 1. The van der Waals surface area contributed by atoms with Gasteiger partial charge in [0.1, 0.15) is 17.3 Å². The van der Waals surface area contributed by atoms with Crippen LogP contribution in [0.4, 0.5) is 22.9 Å². The molecule has 0 atom stereocenters. The zero-order valence-electron chi connectivity index (χ0n) is 15.5. The number of azo groups is 1. The zero-order chi connectivity index (χ0) is 20.1. The first-order valence-corrected chi connectivity index (χ1v) is 8.26. The predicted octanol–water partition coefficient (Wildman–Crippen LogP) is 2.97. The number of nitrogens with zero attached hydrogens (tertiary/aromatic N) is 8. The Morgan fingerprint density at radius 2 is 2.00 bits per heavy atom. The molecule has 2 aromatic heterocycles. The summed E-state index contributed by atoms with van der Waals surface area (Å²) in [4.78, 5) is 21.7. The third-order valence-corrected chi connectivity index (χ3v) is 3.67. The van der Waals surface area contributed by atoms with Crippen LogP contribution in [0.2, 0.25) is 0 Å². The number of amides is 1. The molecule has 3 aromatic rings. The van der Waals surface area contributed by atoms with Gasteiger partial charge in [-0.2, -0.15) is 15.0 Å². The van der Waals surface area contributed by atoms with Crippen LogP contribution in [0.3, 0.4) is 0 Å². The first-order valence-electron chi connectivity index (χ1n) is 8.26. The van der Waals surface area contributed by atoms with Crippen molar-refractivity contribution in [1.29, 1.82) is 5.26 Å². The molecule has 0 unspecified atom stereocenters. The predicted molar refractivity (Wildman–Crippen MR) is 103 cm³/mol. The van der Waals surface area contributed by atoms with E-state index in [2.05, 4.69) is 30.6 Å². The maximum Gasteiger partial charge on any atom is 0.252 e. The minimum Gasteiger partial charge on any atom is -0.378 e. The summed E-state index contributed by atoms with van der Waals surface area (Å²) in [6.45, 7) is 1.42. The fraction of sp³-hybridized carbons (Fsp3) is 0.167. The van der Waals surface area contributed by atoms with E-state index in [1.54, 1.807) is 30.6 Å². The summed E-state index contributed by atoms with van der Waals surface area (Å²) in [5, 5.41) is 24.6. The standard InChI is InChI=1S/C18H17N9O/c1-12(28)23-16-9-14(26(2)3)5-6-15(16)24-25-17-13(10-19)11-22-27(17)18-20-7-4-8-21-18/h4-9,11H,1-3H3,(H,23,28). The van der Waals surface area contributed by atoms with E-state index in [4.69, 9.17) is 0 Å². The third kappa shape index (κ3) is 3.99. The van der Waals surface area contributed by atoms with Gasteiger partial charge in [-0.15, -0.1) is 10.2 Å². The number of aromatic nitrogens is 4. The Kier molecular flexibility index (Phi) is 5.36. The molecule has 28 heavy (non-hydrogen) atoms. The molecule has 0 saturated carbocycles. The molecule has 0 aliphatic rings. The molecule has 2 heterocycles. The van der Waals surface area contributed by atoms with Gasteiger partial charge in [0.25, 0.3) is 5.95 Å². The van der Waals surface area contributed by atoms with Crippen molar-refractivity contribution >= 4 is 28.8 Å². The number of carbonyl (C=O) groups excluding carboxylic acids is 1. The van der Waals surface area contributed by atoms with E-state index in [9.17, 15) is 10.1 Å². The van der Waals surface area contributed by atoms with Gasteiger partial charge in [0.05, 0.1) is 11.9 Å². The van der Waals surface area contributed by atoms with Crippen molar-refractivity contribution in [1.82, 2.24) is 19.7 Å². The van der Waals surface area contributed by atoms with Crippen molar-refractivity contribution in [3.63, 3.8) is 0 Å². The first kappa shape index (κ1) is 18.7. The molecular weight excluding hydrogens is 358 g/mol. The number of hydrogen-bond acceptors (Lipinski definition) is 8. The minimum atomic E-state index is -0.229. The van der Waals surface area contributed by atoms with Crippen LogP contribution in [-0.2, 0) is 4.79 Å². The molecule has 0 radical (unpaired) electrons. The van der Waals surface area contributed by atoms with Crippen LogP contribution < -0.4 is 10.2 Å². The number of nitrogens with one attached hydrogen (secondary N) is 1. The van der Waals surface area contributed by atoms with E-state index in [1.807, 2.05) is 31.1 Å². The van der Waals surface area contributed by atoms with Crippen molar-refractivity contribution in [2.45, 2.75) is 6.92 Å². The number of rotatable bonds is 5. The summed E-state index contributed by atoms with van der Waals surface area (Å²) in [6.07, 6.45) is 4.49. The van der Waals surface area contributed by atoms with Crippen molar-refractivity contribution < 1.29 is 4.79 Å². The molecule has 3 rings (SSSR count). The van der Waals surface area contributed by atoms with E-state index in [0.717, 1.165) is 5.69 Å². The van der Waals surface area contributed by atoms with Gasteiger partial charge in [-0.3, -0.25) is 4.79 Å². The van der Waals surface area contributed by atoms with Gasteiger partial charge in [-0.05, 0) is 24.3 Å². The highest BCUT2D eigenvalue weighted by Crippen LogP contribution is 2.32. The number of nitriles is 1. The van der Waals surface area contributed by atoms with Crippen molar-refractivity contribution in [3.05, 3.63) is 48.4 Å². The summed E-state index contributed by atoms with van der Waals surface area (Å²) < 4.78 is 1.33. The van der Waals surface area contributed by atoms with Crippen molar-refractivity contribution in [2.24, 2.45) is 10.2 Å². The van der Waals surface area contributed by atoms with Crippen LogP contribution in [0.1, 0.15) is 12.5 Å². The van der Waals surface area contributed by atoms with Crippen molar-refractivity contribution in [3.8, 4) is 12.0 Å². The largest absolute Gasteiger partial charge is 0.378 e. The summed E-state index contributed by atoms with van der Waals surface area (Å²) >= 11 is 0. The second-order valence-electron chi connectivity index (χ2n) is 5.93. The highest BCUT2D eigenvalue weighted by atomic mass is 16.1. The van der Waals surface area contributed by atoms with Gasteiger partial charge >= 0.3 is 0 Å². The highest BCUT2D eigenvalue weighted by molar-refractivity contribution is 5.92. The van der Waals surface area contributed by atoms with Gasteiger partial charge in [-0.1, -0.05) is 0 Å². The molecule has 1 amide bonds. The van der Waals surface area contributed by atoms with E-state index in [1.165, 1.54) is 17.8 Å². The molecule has 0 aliphatic carbocycles. The van der Waals surface area contributed by atoms with Crippen LogP contribution in [0.15, 0.2) is 53.1 Å². The van der Waals surface area contributed by atoms with Crippen LogP contribution in [0.25, 0.3) is 5.95 Å². The fourth-order valence-electron chi connectivity index (χ4n) is 2.34. The van der Waals surface area contributed by atoms with Crippen LogP contribution in [-0.4, -0.2) is 39.8 Å². The van der Waals surface area contributed by atoms with Crippen LogP contribution in [0, 0.1) is 11.3 Å². The lowest BCUT2D eigenvalue weighted by molar-refractivity contribution is -0.114. The van der Waals surface area contributed by atoms with E-state index in [0.29, 0.717) is 11.4 Å². The molecule has 1 N–H and O–H groups in total. The Bertz CT molecular complexity index is 1060. The van der Waals surface area contributed by atoms with Gasteiger partial charge in [-0.25, -0.2) is 9.97 Å². The molecule has 0 bridgehead atoms. The fourth-order valence-corrected chi connectivity index (χ4v) is 2.34. The molecular formula is C18H17N9O. The van der Waals surface area contributed by atoms with Gasteiger partial charge in [0.15, 0.2) is 5.82 Å². The topological polar surface area (TPSA) is 124 Å². The molecule has 0 fully saturated rings. The second kappa shape index (κ2) is 8.05. The van der Waals surface area contributed by atoms with Gasteiger partial charge in [0.2, 0.25) is 5.91 Å². The first-order chi connectivity index (χ1) is 13.5. The summed E-state index contributed by atoms with van der Waals surface area (Å²) in [6, 6.07) is 9.07. The molecule has 1 aromatic carbocycles. The Labute approximate surface area is 161 Å².